The van der Waals surface area contributed by atoms with E-state index in [9.17, 15) is 9.59 Å². The number of hydrogen-bond acceptors (Lipinski definition) is 4. The zero-order chi connectivity index (χ0) is 8.43. The Morgan fingerprint density at radius 1 is 1.64 bits per heavy atom. The molecule has 1 aliphatic rings. The fourth-order valence-corrected chi connectivity index (χ4v) is 0.730. The van der Waals surface area contributed by atoms with Crippen LogP contribution in [-0.4, -0.2) is 43.2 Å². The maximum absolute atomic E-state index is 11.0. The van der Waals surface area contributed by atoms with Gasteiger partial charge >= 0.3 is 5.91 Å². The third-order valence-corrected chi connectivity index (χ3v) is 1.39. The van der Waals surface area contributed by atoms with Gasteiger partial charge in [0, 0.05) is 14.2 Å². The Morgan fingerprint density at radius 3 is 2.82 bits per heavy atom. The van der Waals surface area contributed by atoms with E-state index < -0.39 is 17.8 Å². The molecule has 11 heavy (non-hydrogen) atoms. The van der Waals surface area contributed by atoms with Crippen LogP contribution in [0.4, 0.5) is 0 Å². The molecule has 1 rings (SSSR count). The molecule has 1 amide bonds. The number of hydrazone groups is 1. The molecule has 5 nitrogen and oxygen atoms in total. The van der Waals surface area contributed by atoms with Crippen molar-refractivity contribution in [2.75, 3.05) is 14.2 Å². The fraction of sp³-hybridized carbons (Fsp3) is 0.500. The van der Waals surface area contributed by atoms with Gasteiger partial charge in [-0.3, -0.25) is 9.59 Å². The highest BCUT2D eigenvalue weighted by Crippen LogP contribution is 2.00. The maximum Gasteiger partial charge on any atom is 0.312 e. The minimum atomic E-state index is -0.807. The van der Waals surface area contributed by atoms with Crippen LogP contribution >= 0.6 is 0 Å². The molecule has 0 aliphatic carbocycles. The summed E-state index contributed by atoms with van der Waals surface area (Å²) in [5, 5.41) is 4.61. The summed E-state index contributed by atoms with van der Waals surface area (Å²) in [6, 6.07) is 0. The maximum atomic E-state index is 11.0. The van der Waals surface area contributed by atoms with Gasteiger partial charge in [0.25, 0.3) is 5.78 Å². The summed E-state index contributed by atoms with van der Waals surface area (Å²) in [5.41, 5.74) is 0. The third kappa shape index (κ3) is 1.27. The SMILES string of the molecule is COC1C=NN(C)C(=O)C1=O. The zero-order valence-electron chi connectivity index (χ0n) is 6.27. The van der Waals surface area contributed by atoms with E-state index in [1.165, 1.54) is 20.4 Å². The van der Waals surface area contributed by atoms with Crippen molar-refractivity contribution in [3.05, 3.63) is 0 Å². The zero-order valence-corrected chi connectivity index (χ0v) is 6.27. The van der Waals surface area contributed by atoms with Gasteiger partial charge in [-0.2, -0.15) is 5.10 Å². The quantitative estimate of drug-likeness (QED) is 0.459. The summed E-state index contributed by atoms with van der Waals surface area (Å²) < 4.78 is 4.68. The predicted molar refractivity (Wildman–Crippen MR) is 37.1 cm³/mol. The monoisotopic (exact) mass is 156 g/mol. The molecule has 5 heteroatoms. The highest BCUT2D eigenvalue weighted by atomic mass is 16.5. The molecular weight excluding hydrogens is 148 g/mol. The van der Waals surface area contributed by atoms with E-state index >= 15 is 0 Å². The number of likely N-dealkylation sites (N-methyl/N-ethyl adjacent to an activating group) is 1. The summed E-state index contributed by atoms with van der Waals surface area (Å²) in [5.74, 6) is -1.22. The van der Waals surface area contributed by atoms with Crippen LogP contribution in [0.15, 0.2) is 5.10 Å². The minimum Gasteiger partial charge on any atom is -0.367 e. The first-order valence-electron chi connectivity index (χ1n) is 3.05. The van der Waals surface area contributed by atoms with Crippen molar-refractivity contribution < 1.29 is 14.3 Å². The van der Waals surface area contributed by atoms with E-state index in [-0.39, 0.29) is 0 Å². The van der Waals surface area contributed by atoms with E-state index in [0.717, 1.165) is 5.01 Å². The number of hydrogen-bond donors (Lipinski definition) is 0. The molecule has 0 radical (unpaired) electrons. The van der Waals surface area contributed by atoms with Crippen molar-refractivity contribution in [3.63, 3.8) is 0 Å². The average Bonchev–Trinajstić information content (AvgIpc) is 2.01. The number of ketones is 1. The average molecular weight is 156 g/mol. The lowest BCUT2D eigenvalue weighted by Crippen LogP contribution is -2.43. The number of amides is 1. The van der Waals surface area contributed by atoms with E-state index in [4.69, 9.17) is 0 Å². The van der Waals surface area contributed by atoms with Crippen LogP contribution in [0.3, 0.4) is 0 Å². The van der Waals surface area contributed by atoms with Gasteiger partial charge in [0.2, 0.25) is 0 Å². The van der Waals surface area contributed by atoms with Crippen LogP contribution in [-0.2, 0) is 14.3 Å². The number of methoxy groups -OCH3 is 1. The van der Waals surface area contributed by atoms with Crippen molar-refractivity contribution >= 4 is 17.9 Å². The van der Waals surface area contributed by atoms with E-state index in [2.05, 4.69) is 9.84 Å². The molecule has 0 aromatic rings. The summed E-state index contributed by atoms with van der Waals surface area (Å²) in [7, 11) is 2.77. The molecule has 1 unspecified atom stereocenters. The molecule has 1 atom stereocenters. The second kappa shape index (κ2) is 2.79. The second-order valence-corrected chi connectivity index (χ2v) is 2.11. The Balaban J connectivity index is 2.85. The molecule has 0 aromatic heterocycles. The number of carbonyl (C=O) groups excluding carboxylic acids is 2. The molecule has 0 N–H and O–H groups in total. The van der Waals surface area contributed by atoms with Crippen LogP contribution in [0.1, 0.15) is 0 Å². The van der Waals surface area contributed by atoms with Crippen LogP contribution < -0.4 is 0 Å². The van der Waals surface area contributed by atoms with Gasteiger partial charge in [-0.05, 0) is 0 Å². The lowest BCUT2D eigenvalue weighted by Gasteiger charge is -2.18. The number of rotatable bonds is 1. The van der Waals surface area contributed by atoms with Crippen LogP contribution in [0.2, 0.25) is 0 Å². The molecule has 0 saturated carbocycles. The smallest absolute Gasteiger partial charge is 0.312 e. The first-order chi connectivity index (χ1) is 5.16. The van der Waals surface area contributed by atoms with Crippen LogP contribution in [0, 0.1) is 0 Å². The molecule has 0 bridgehead atoms. The third-order valence-electron chi connectivity index (χ3n) is 1.39. The van der Waals surface area contributed by atoms with Crippen molar-refractivity contribution in [3.8, 4) is 0 Å². The Hall–Kier alpha value is -1.23. The molecule has 0 spiro atoms. The van der Waals surface area contributed by atoms with E-state index in [1.54, 1.807) is 0 Å². The number of nitrogens with zero attached hydrogens (tertiary/aromatic N) is 2. The Morgan fingerprint density at radius 2 is 2.27 bits per heavy atom. The Bertz CT molecular complexity index is 224. The summed E-state index contributed by atoms with van der Waals surface area (Å²) >= 11 is 0. The molecule has 0 saturated heterocycles. The Labute approximate surface area is 63.6 Å². The van der Waals surface area contributed by atoms with Crippen LogP contribution in [0.25, 0.3) is 0 Å². The Kier molecular flexibility index (Phi) is 2.00. The van der Waals surface area contributed by atoms with Gasteiger partial charge in [-0.25, -0.2) is 5.01 Å². The molecule has 1 aliphatic heterocycles. The van der Waals surface area contributed by atoms with Crippen molar-refractivity contribution in [2.24, 2.45) is 5.10 Å². The number of carbonyl (C=O) groups is 2. The summed E-state index contributed by atoms with van der Waals surface area (Å²) in [6.45, 7) is 0. The standard InChI is InChI=1S/C6H8N2O3/c1-8-6(10)5(9)4(11-2)3-7-8/h3-4H,1-2H3. The number of ether oxygens (including phenoxy) is 1. The van der Waals surface area contributed by atoms with Gasteiger partial charge in [-0.1, -0.05) is 0 Å². The molecular formula is C6H8N2O3. The lowest BCUT2D eigenvalue weighted by atomic mass is 10.2. The topological polar surface area (TPSA) is 59.0 Å². The first kappa shape index (κ1) is 7.87. The first-order valence-corrected chi connectivity index (χ1v) is 3.05. The highest BCUT2D eigenvalue weighted by molar-refractivity contribution is 6.41. The molecule has 60 valence electrons. The van der Waals surface area contributed by atoms with Gasteiger partial charge < -0.3 is 4.74 Å². The normalized spacial score (nSPS) is 24.5. The fourth-order valence-electron chi connectivity index (χ4n) is 0.730. The van der Waals surface area contributed by atoms with Crippen molar-refractivity contribution in [2.45, 2.75) is 6.10 Å². The summed E-state index contributed by atoms with van der Waals surface area (Å²) in [6.07, 6.45) is 0.489. The van der Waals surface area contributed by atoms with E-state index in [0.29, 0.717) is 0 Å². The van der Waals surface area contributed by atoms with E-state index in [1.807, 2.05) is 0 Å². The van der Waals surface area contributed by atoms with Gasteiger partial charge in [-0.15, -0.1) is 0 Å². The van der Waals surface area contributed by atoms with Crippen molar-refractivity contribution in [1.29, 1.82) is 0 Å². The predicted octanol–water partition coefficient (Wildman–Crippen LogP) is -0.972. The molecule has 1 heterocycles. The largest absolute Gasteiger partial charge is 0.367 e. The summed E-state index contributed by atoms with van der Waals surface area (Å²) in [4.78, 5) is 21.8. The highest BCUT2D eigenvalue weighted by Gasteiger charge is 2.30. The number of Topliss-reactive ketones (excluding diaryl/α,β-unsaturated/α-hetero) is 1. The van der Waals surface area contributed by atoms with Crippen molar-refractivity contribution in [1.82, 2.24) is 5.01 Å². The van der Waals surface area contributed by atoms with Gasteiger partial charge in [0.15, 0.2) is 6.10 Å². The second-order valence-electron chi connectivity index (χ2n) is 2.11. The van der Waals surface area contributed by atoms with Crippen LogP contribution in [0.5, 0.6) is 0 Å². The lowest BCUT2D eigenvalue weighted by molar-refractivity contribution is -0.148. The van der Waals surface area contributed by atoms with Gasteiger partial charge in [0.1, 0.15) is 0 Å². The molecule has 0 fully saturated rings. The van der Waals surface area contributed by atoms with Gasteiger partial charge in [0.05, 0.1) is 6.21 Å². The molecule has 0 aromatic carbocycles. The minimum absolute atomic E-state index is 0.579.